The molecule has 1 fully saturated rings. The molecule has 0 radical (unpaired) electrons. The van der Waals surface area contributed by atoms with E-state index in [-0.39, 0.29) is 18.2 Å². The maximum atomic E-state index is 12.7. The van der Waals surface area contributed by atoms with Crippen LogP contribution in [-0.4, -0.2) is 53.2 Å². The smallest absolute Gasteiger partial charge is 0.410 e. The summed E-state index contributed by atoms with van der Waals surface area (Å²) in [7, 11) is 0. The standard InChI is InChI=1S/C19H26BrN3O3/c1-19(2,3)26-18(25)22-9-7-15(8-10-22)23-11-6-13-12-14(20)4-5-16(13)21-17(23)24/h4-5,12,15H,6-11H2,1-3H3,(H,21,24). The number of nitrogens with zero attached hydrogens (tertiary/aromatic N) is 2. The zero-order valence-electron chi connectivity index (χ0n) is 15.5. The SMILES string of the molecule is CC(C)(C)OC(=O)N1CCC(N2CCc3cc(Br)ccc3NC2=O)CC1. The summed E-state index contributed by atoms with van der Waals surface area (Å²) in [5, 5.41) is 3.02. The van der Waals surface area contributed by atoms with E-state index in [0.29, 0.717) is 19.6 Å². The van der Waals surface area contributed by atoms with E-state index in [1.54, 1.807) is 4.90 Å². The van der Waals surface area contributed by atoms with E-state index < -0.39 is 5.60 Å². The molecule has 1 aromatic rings. The number of benzene rings is 1. The minimum Gasteiger partial charge on any atom is -0.444 e. The molecule has 0 bridgehead atoms. The molecule has 1 aromatic carbocycles. The molecule has 26 heavy (non-hydrogen) atoms. The van der Waals surface area contributed by atoms with Crippen LogP contribution in [0.1, 0.15) is 39.2 Å². The molecule has 2 heterocycles. The van der Waals surface area contributed by atoms with Crippen LogP contribution in [0.25, 0.3) is 0 Å². The van der Waals surface area contributed by atoms with E-state index in [1.807, 2.05) is 37.8 Å². The first-order chi connectivity index (χ1) is 12.2. The number of likely N-dealkylation sites (tertiary alicyclic amines) is 1. The number of carbonyl (C=O) groups is 2. The van der Waals surface area contributed by atoms with Crippen molar-refractivity contribution in [1.82, 2.24) is 9.80 Å². The average Bonchev–Trinajstić information content (AvgIpc) is 2.71. The first kappa shape index (κ1) is 19.0. The minimum atomic E-state index is -0.487. The maximum Gasteiger partial charge on any atom is 0.410 e. The fourth-order valence-corrected chi connectivity index (χ4v) is 3.86. The summed E-state index contributed by atoms with van der Waals surface area (Å²) in [6.07, 6.45) is 2.09. The van der Waals surface area contributed by atoms with Crippen molar-refractivity contribution in [2.24, 2.45) is 0 Å². The summed E-state index contributed by atoms with van der Waals surface area (Å²) in [5.41, 5.74) is 1.53. The van der Waals surface area contributed by atoms with Crippen LogP contribution in [0, 0.1) is 0 Å². The lowest BCUT2D eigenvalue weighted by atomic mass is 10.0. The molecule has 1 saturated heterocycles. The minimum absolute atomic E-state index is 0.0539. The Bertz CT molecular complexity index is 694. The fraction of sp³-hybridized carbons (Fsp3) is 0.579. The summed E-state index contributed by atoms with van der Waals surface area (Å²) < 4.78 is 6.46. The van der Waals surface area contributed by atoms with E-state index in [4.69, 9.17) is 4.74 Å². The zero-order valence-corrected chi connectivity index (χ0v) is 17.1. The number of ether oxygens (including phenoxy) is 1. The average molecular weight is 424 g/mol. The van der Waals surface area contributed by atoms with Crippen molar-refractivity contribution in [3.05, 3.63) is 28.2 Å². The molecule has 1 N–H and O–H groups in total. The van der Waals surface area contributed by atoms with Crippen LogP contribution in [0.15, 0.2) is 22.7 Å². The van der Waals surface area contributed by atoms with Crippen LogP contribution in [0.4, 0.5) is 15.3 Å². The quantitative estimate of drug-likeness (QED) is 0.734. The van der Waals surface area contributed by atoms with Crippen molar-refractivity contribution >= 4 is 33.7 Å². The summed E-state index contributed by atoms with van der Waals surface area (Å²) in [4.78, 5) is 28.5. The highest BCUT2D eigenvalue weighted by Crippen LogP contribution is 2.27. The Hall–Kier alpha value is -1.76. The molecule has 142 valence electrons. The highest BCUT2D eigenvalue weighted by molar-refractivity contribution is 9.10. The van der Waals surface area contributed by atoms with Gasteiger partial charge in [-0.05, 0) is 63.8 Å². The lowest BCUT2D eigenvalue weighted by molar-refractivity contribution is 0.0167. The summed E-state index contributed by atoms with van der Waals surface area (Å²) >= 11 is 3.49. The lowest BCUT2D eigenvalue weighted by Gasteiger charge is -2.38. The summed E-state index contributed by atoms with van der Waals surface area (Å²) in [6.45, 7) is 7.52. The Balaban J connectivity index is 1.60. The van der Waals surface area contributed by atoms with Crippen molar-refractivity contribution in [3.63, 3.8) is 0 Å². The molecule has 0 atom stereocenters. The van der Waals surface area contributed by atoms with Crippen molar-refractivity contribution in [2.75, 3.05) is 25.0 Å². The molecule has 3 rings (SSSR count). The van der Waals surface area contributed by atoms with E-state index in [2.05, 4.69) is 27.3 Å². The van der Waals surface area contributed by atoms with Gasteiger partial charge >= 0.3 is 12.1 Å². The summed E-state index contributed by atoms with van der Waals surface area (Å²) in [6, 6.07) is 6.03. The number of rotatable bonds is 1. The number of piperidine rings is 1. The van der Waals surface area contributed by atoms with Crippen LogP contribution in [0.2, 0.25) is 0 Å². The lowest BCUT2D eigenvalue weighted by Crippen LogP contribution is -2.50. The molecular formula is C19H26BrN3O3. The normalized spacial score (nSPS) is 18.8. The van der Waals surface area contributed by atoms with Gasteiger partial charge in [0.05, 0.1) is 0 Å². The van der Waals surface area contributed by atoms with Gasteiger partial charge in [-0.1, -0.05) is 15.9 Å². The van der Waals surface area contributed by atoms with Gasteiger partial charge in [0.2, 0.25) is 0 Å². The number of amides is 3. The monoisotopic (exact) mass is 423 g/mol. The molecule has 3 amide bonds. The Morgan fingerprint density at radius 3 is 2.58 bits per heavy atom. The molecule has 0 spiro atoms. The van der Waals surface area contributed by atoms with Gasteiger partial charge in [0.1, 0.15) is 5.60 Å². The van der Waals surface area contributed by atoms with Crippen LogP contribution in [0.3, 0.4) is 0 Å². The van der Waals surface area contributed by atoms with E-state index in [0.717, 1.165) is 35.0 Å². The molecule has 0 aliphatic carbocycles. The van der Waals surface area contributed by atoms with Crippen LogP contribution in [0.5, 0.6) is 0 Å². The molecule has 7 heteroatoms. The Labute approximate surface area is 163 Å². The van der Waals surface area contributed by atoms with E-state index in [9.17, 15) is 9.59 Å². The molecule has 0 aromatic heterocycles. The first-order valence-electron chi connectivity index (χ1n) is 9.07. The van der Waals surface area contributed by atoms with Gasteiger partial charge in [0.25, 0.3) is 0 Å². The summed E-state index contributed by atoms with van der Waals surface area (Å²) in [5.74, 6) is 0. The topological polar surface area (TPSA) is 61.9 Å². The van der Waals surface area contributed by atoms with Gasteiger partial charge < -0.3 is 19.9 Å². The van der Waals surface area contributed by atoms with E-state index >= 15 is 0 Å². The van der Waals surface area contributed by atoms with Crippen molar-refractivity contribution < 1.29 is 14.3 Å². The molecule has 2 aliphatic heterocycles. The second-order valence-electron chi connectivity index (χ2n) is 7.87. The largest absolute Gasteiger partial charge is 0.444 e. The van der Waals surface area contributed by atoms with Crippen LogP contribution < -0.4 is 5.32 Å². The van der Waals surface area contributed by atoms with Crippen molar-refractivity contribution in [1.29, 1.82) is 0 Å². The van der Waals surface area contributed by atoms with Gasteiger partial charge in [-0.25, -0.2) is 9.59 Å². The molecule has 0 saturated carbocycles. The van der Waals surface area contributed by atoms with Gasteiger partial charge in [-0.15, -0.1) is 0 Å². The second-order valence-corrected chi connectivity index (χ2v) is 8.79. The molecular weight excluding hydrogens is 398 g/mol. The maximum absolute atomic E-state index is 12.7. The third-order valence-electron chi connectivity index (χ3n) is 4.75. The Kier molecular flexibility index (Phi) is 5.46. The number of anilines is 1. The highest BCUT2D eigenvalue weighted by Gasteiger charge is 2.32. The third kappa shape index (κ3) is 4.50. The number of halogens is 1. The predicted octanol–water partition coefficient (Wildman–Crippen LogP) is 4.24. The van der Waals surface area contributed by atoms with Gasteiger partial charge in [0.15, 0.2) is 0 Å². The molecule has 6 nitrogen and oxygen atoms in total. The Morgan fingerprint density at radius 2 is 1.92 bits per heavy atom. The Morgan fingerprint density at radius 1 is 1.23 bits per heavy atom. The fourth-order valence-electron chi connectivity index (χ4n) is 3.46. The first-order valence-corrected chi connectivity index (χ1v) is 9.86. The van der Waals surface area contributed by atoms with Crippen molar-refractivity contribution in [2.45, 2.75) is 51.7 Å². The predicted molar refractivity (Wildman–Crippen MR) is 104 cm³/mol. The van der Waals surface area contributed by atoms with Gasteiger partial charge in [-0.3, -0.25) is 0 Å². The molecule has 2 aliphatic rings. The van der Waals surface area contributed by atoms with Crippen LogP contribution >= 0.6 is 15.9 Å². The van der Waals surface area contributed by atoms with Gasteiger partial charge in [-0.2, -0.15) is 0 Å². The highest BCUT2D eigenvalue weighted by atomic mass is 79.9. The number of urea groups is 1. The number of nitrogens with one attached hydrogen (secondary N) is 1. The number of hydrogen-bond donors (Lipinski definition) is 1. The van der Waals surface area contributed by atoms with Crippen LogP contribution in [-0.2, 0) is 11.2 Å². The second kappa shape index (κ2) is 7.47. The van der Waals surface area contributed by atoms with Crippen molar-refractivity contribution in [3.8, 4) is 0 Å². The molecule has 0 unspecified atom stereocenters. The van der Waals surface area contributed by atoms with Gasteiger partial charge in [0, 0.05) is 35.8 Å². The zero-order chi connectivity index (χ0) is 18.9. The number of fused-ring (bicyclic) bond motifs is 1. The number of carbonyl (C=O) groups excluding carboxylic acids is 2. The third-order valence-corrected chi connectivity index (χ3v) is 5.24. The van der Waals surface area contributed by atoms with E-state index in [1.165, 1.54) is 0 Å². The number of hydrogen-bond acceptors (Lipinski definition) is 3.